The minimum Gasteiger partial charge on any atom is -0.496 e. The number of fused-ring (bicyclic) bond motifs is 2. The van der Waals surface area contributed by atoms with Crippen LogP contribution in [-0.2, 0) is 0 Å². The molecule has 234 valence electrons. The SMILES string of the molecule is C=C(CCC)c1ccc2c3c(OC)cc(C(=C)CCC)c4c(C(=C)CCC)cc(OCC)c(c5ccc(C(=C)CCC)c1c25)c43. The topological polar surface area (TPSA) is 18.5 Å². The largest absolute Gasteiger partial charge is 0.496 e. The first kappa shape index (κ1) is 32.4. The lowest BCUT2D eigenvalue weighted by atomic mass is 9.80. The van der Waals surface area contributed by atoms with Crippen LogP contribution in [0.2, 0.25) is 0 Å². The van der Waals surface area contributed by atoms with Gasteiger partial charge in [-0.25, -0.2) is 0 Å². The Morgan fingerprint density at radius 2 is 0.889 bits per heavy atom. The molecule has 0 heterocycles. The van der Waals surface area contributed by atoms with Crippen molar-refractivity contribution in [2.24, 2.45) is 0 Å². The van der Waals surface area contributed by atoms with Crippen LogP contribution >= 0.6 is 0 Å². The molecule has 0 saturated carbocycles. The lowest BCUT2D eigenvalue weighted by Crippen LogP contribution is -2.02. The monoisotopic (exact) mass is 598 g/mol. The highest BCUT2D eigenvalue weighted by atomic mass is 16.5. The van der Waals surface area contributed by atoms with Crippen LogP contribution in [0.3, 0.4) is 0 Å². The predicted molar refractivity (Wildman–Crippen MR) is 201 cm³/mol. The van der Waals surface area contributed by atoms with Crippen molar-refractivity contribution < 1.29 is 9.47 Å². The third-order valence-electron chi connectivity index (χ3n) is 9.28. The number of rotatable bonds is 15. The van der Waals surface area contributed by atoms with Gasteiger partial charge in [-0.05, 0) is 116 Å². The van der Waals surface area contributed by atoms with Crippen LogP contribution in [0.5, 0.6) is 11.5 Å². The summed E-state index contributed by atoms with van der Waals surface area (Å²) in [6.45, 7) is 29.8. The standard InChI is InChI=1S/C43H50O2/c1-11-16-26(6)30-20-22-32-39-33(23-21-31(38(30)39)27(7)17-12-2)42-37(45-15-5)25-35(29(9)19-14-4)40-34(28(8)18-13-3)24-36(44-10)41(32)43(40)42/h20-25H,6-9,11-19H2,1-5,10H3. The van der Waals surface area contributed by atoms with E-state index in [1.165, 1.54) is 43.4 Å². The third kappa shape index (κ3) is 5.43. The molecule has 0 radical (unpaired) electrons. The van der Waals surface area contributed by atoms with Gasteiger partial charge in [0, 0.05) is 16.2 Å². The minimum atomic E-state index is 0.571. The van der Waals surface area contributed by atoms with Gasteiger partial charge in [-0.2, -0.15) is 0 Å². The van der Waals surface area contributed by atoms with Crippen LogP contribution in [0.15, 0.2) is 62.7 Å². The van der Waals surface area contributed by atoms with Gasteiger partial charge in [0.05, 0.1) is 13.7 Å². The summed E-state index contributed by atoms with van der Waals surface area (Å²) in [4.78, 5) is 0. The Bertz CT molecular complexity index is 1930. The molecule has 0 atom stereocenters. The molecule has 2 heteroatoms. The van der Waals surface area contributed by atoms with Crippen molar-refractivity contribution in [3.8, 4) is 11.5 Å². The van der Waals surface area contributed by atoms with E-state index in [9.17, 15) is 0 Å². The lowest BCUT2D eigenvalue weighted by molar-refractivity contribution is 0.344. The molecule has 5 aromatic carbocycles. The van der Waals surface area contributed by atoms with E-state index in [-0.39, 0.29) is 0 Å². The average Bonchev–Trinajstić information content (AvgIpc) is 3.03. The summed E-state index contributed by atoms with van der Waals surface area (Å²) in [5.41, 5.74) is 9.29. The van der Waals surface area contributed by atoms with E-state index in [1.807, 2.05) is 0 Å². The molecule has 0 aliphatic heterocycles. The Hall–Kier alpha value is -4.04. The van der Waals surface area contributed by atoms with Gasteiger partial charge >= 0.3 is 0 Å². The van der Waals surface area contributed by atoms with Gasteiger partial charge in [0.25, 0.3) is 0 Å². The highest BCUT2D eigenvalue weighted by molar-refractivity contribution is 6.38. The van der Waals surface area contributed by atoms with Crippen molar-refractivity contribution >= 4 is 65.4 Å². The Balaban J connectivity index is 2.14. The number of hydrogen-bond acceptors (Lipinski definition) is 2. The average molecular weight is 599 g/mol. The Labute approximate surface area is 270 Å². The van der Waals surface area contributed by atoms with Crippen LogP contribution in [0.25, 0.3) is 65.4 Å². The molecule has 0 saturated heterocycles. The van der Waals surface area contributed by atoms with Crippen molar-refractivity contribution in [3.63, 3.8) is 0 Å². The zero-order valence-corrected chi connectivity index (χ0v) is 28.5. The van der Waals surface area contributed by atoms with E-state index in [0.29, 0.717) is 6.61 Å². The van der Waals surface area contributed by atoms with Crippen molar-refractivity contribution in [1.82, 2.24) is 0 Å². The fourth-order valence-electron chi connectivity index (χ4n) is 7.36. The smallest absolute Gasteiger partial charge is 0.128 e. The Kier molecular flexibility index (Phi) is 9.73. The second-order valence-electron chi connectivity index (χ2n) is 12.5. The maximum absolute atomic E-state index is 6.55. The first-order chi connectivity index (χ1) is 21.8. The molecule has 0 amide bonds. The van der Waals surface area contributed by atoms with E-state index in [2.05, 4.69) is 97.3 Å². The number of hydrogen-bond donors (Lipinski definition) is 0. The van der Waals surface area contributed by atoms with Gasteiger partial charge in [-0.1, -0.05) is 104 Å². The molecule has 5 aromatic rings. The highest BCUT2D eigenvalue weighted by Gasteiger charge is 2.27. The molecular formula is C43H50O2. The molecule has 2 nitrogen and oxygen atoms in total. The molecule has 45 heavy (non-hydrogen) atoms. The molecule has 0 spiro atoms. The van der Waals surface area contributed by atoms with Crippen LogP contribution < -0.4 is 9.47 Å². The second kappa shape index (κ2) is 13.5. The highest BCUT2D eigenvalue weighted by Crippen LogP contribution is 2.53. The van der Waals surface area contributed by atoms with Crippen molar-refractivity contribution in [1.29, 1.82) is 0 Å². The Morgan fingerprint density at radius 3 is 1.31 bits per heavy atom. The number of methoxy groups -OCH3 is 1. The van der Waals surface area contributed by atoms with Crippen molar-refractivity contribution in [3.05, 3.63) is 85.0 Å². The van der Waals surface area contributed by atoms with Gasteiger partial charge in [0.1, 0.15) is 11.5 Å². The summed E-state index contributed by atoms with van der Waals surface area (Å²) < 4.78 is 12.8. The quantitative estimate of drug-likeness (QED) is 0.0881. The first-order valence-electron chi connectivity index (χ1n) is 16.9. The van der Waals surface area contributed by atoms with Crippen LogP contribution in [-0.4, -0.2) is 13.7 Å². The number of ether oxygens (including phenoxy) is 2. The molecule has 0 fully saturated rings. The summed E-state index contributed by atoms with van der Waals surface area (Å²) in [7, 11) is 1.79. The van der Waals surface area contributed by atoms with Crippen LogP contribution in [0.4, 0.5) is 0 Å². The minimum absolute atomic E-state index is 0.571. The summed E-state index contributed by atoms with van der Waals surface area (Å²) >= 11 is 0. The van der Waals surface area contributed by atoms with E-state index in [4.69, 9.17) is 9.47 Å². The van der Waals surface area contributed by atoms with Crippen LogP contribution in [0, 0.1) is 0 Å². The first-order valence-corrected chi connectivity index (χ1v) is 16.9. The molecule has 0 aliphatic rings. The molecular weight excluding hydrogens is 548 g/mol. The fourth-order valence-corrected chi connectivity index (χ4v) is 7.36. The van der Waals surface area contributed by atoms with Gasteiger partial charge in [-0.3, -0.25) is 0 Å². The third-order valence-corrected chi connectivity index (χ3v) is 9.28. The van der Waals surface area contributed by atoms with Crippen molar-refractivity contribution in [2.45, 2.75) is 86.0 Å². The summed E-state index contributed by atoms with van der Waals surface area (Å²) in [5, 5.41) is 9.47. The van der Waals surface area contributed by atoms with E-state index < -0.39 is 0 Å². The molecule has 5 rings (SSSR count). The summed E-state index contributed by atoms with van der Waals surface area (Å²) in [6, 6.07) is 13.6. The predicted octanol–water partition coefficient (Wildman–Crippen LogP) is 13.4. The number of benzene rings is 5. The Morgan fingerprint density at radius 1 is 0.489 bits per heavy atom. The number of allylic oxidation sites excluding steroid dienone is 4. The van der Waals surface area contributed by atoms with Crippen LogP contribution in [0.1, 0.15) is 108 Å². The maximum atomic E-state index is 6.55. The van der Waals surface area contributed by atoms with Gasteiger partial charge in [-0.15, -0.1) is 0 Å². The zero-order chi connectivity index (χ0) is 32.4. The molecule has 0 unspecified atom stereocenters. The fraction of sp³-hybridized carbons (Fsp3) is 0.349. The lowest BCUT2D eigenvalue weighted by Gasteiger charge is -2.26. The molecule has 0 N–H and O–H groups in total. The summed E-state index contributed by atoms with van der Waals surface area (Å²) in [5.74, 6) is 1.75. The molecule has 0 aromatic heterocycles. The van der Waals surface area contributed by atoms with Gasteiger partial charge < -0.3 is 9.47 Å². The van der Waals surface area contributed by atoms with Crippen molar-refractivity contribution in [2.75, 3.05) is 13.7 Å². The zero-order valence-electron chi connectivity index (χ0n) is 28.5. The molecule has 0 bridgehead atoms. The van der Waals surface area contributed by atoms with Gasteiger partial charge in [0.15, 0.2) is 0 Å². The normalized spacial score (nSPS) is 11.6. The van der Waals surface area contributed by atoms with E-state index in [1.54, 1.807) is 7.11 Å². The summed E-state index contributed by atoms with van der Waals surface area (Å²) in [6.07, 6.45) is 7.87. The van der Waals surface area contributed by atoms with Gasteiger partial charge in [0.2, 0.25) is 0 Å². The second-order valence-corrected chi connectivity index (χ2v) is 12.5. The maximum Gasteiger partial charge on any atom is 0.128 e. The molecule has 0 aliphatic carbocycles. The van der Waals surface area contributed by atoms with E-state index >= 15 is 0 Å². The van der Waals surface area contributed by atoms with E-state index in [0.717, 1.165) is 107 Å².